The van der Waals surface area contributed by atoms with Crippen LogP contribution in [0.3, 0.4) is 0 Å². The van der Waals surface area contributed by atoms with Gasteiger partial charge in [0.15, 0.2) is 0 Å². The first-order valence-electron chi connectivity index (χ1n) is 7.16. The molecule has 0 radical (unpaired) electrons. The lowest BCUT2D eigenvalue weighted by Crippen LogP contribution is -2.37. The number of nitrogens with one attached hydrogen (secondary N) is 2. The lowest BCUT2D eigenvalue weighted by Gasteiger charge is -2.13. The zero-order valence-electron chi connectivity index (χ0n) is 12.6. The minimum atomic E-state index is -0.922. The summed E-state index contributed by atoms with van der Waals surface area (Å²) < 4.78 is 25.9. The van der Waals surface area contributed by atoms with Gasteiger partial charge in [-0.3, -0.25) is 0 Å². The van der Waals surface area contributed by atoms with Gasteiger partial charge in [0.05, 0.1) is 6.10 Å². The van der Waals surface area contributed by atoms with Crippen molar-refractivity contribution < 1.29 is 18.7 Å². The zero-order chi connectivity index (χ0) is 16.8. The Hall–Kier alpha value is -2.47. The van der Waals surface area contributed by atoms with Gasteiger partial charge >= 0.3 is 6.03 Å². The molecule has 1 atom stereocenters. The maximum atomic E-state index is 13.1. The second-order valence-corrected chi connectivity index (χ2v) is 5.21. The van der Waals surface area contributed by atoms with Crippen molar-refractivity contribution >= 4 is 6.03 Å². The quantitative estimate of drug-likeness (QED) is 0.793. The van der Waals surface area contributed by atoms with Crippen molar-refractivity contribution in [1.82, 2.24) is 10.6 Å². The average Bonchev–Trinajstić information content (AvgIpc) is 2.54. The summed E-state index contributed by atoms with van der Waals surface area (Å²) in [5, 5.41) is 15.0. The molecule has 0 aromatic heterocycles. The number of rotatable bonds is 5. The van der Waals surface area contributed by atoms with E-state index in [0.29, 0.717) is 11.1 Å². The van der Waals surface area contributed by atoms with Crippen molar-refractivity contribution in [2.75, 3.05) is 6.54 Å². The lowest BCUT2D eigenvalue weighted by atomic mass is 10.1. The molecule has 0 fully saturated rings. The van der Waals surface area contributed by atoms with Gasteiger partial charge in [-0.15, -0.1) is 0 Å². The fourth-order valence-electron chi connectivity index (χ4n) is 2.05. The number of hydrogen-bond acceptors (Lipinski definition) is 2. The highest BCUT2D eigenvalue weighted by atomic mass is 19.1. The van der Waals surface area contributed by atoms with E-state index in [1.165, 1.54) is 30.3 Å². The maximum absolute atomic E-state index is 13.1. The van der Waals surface area contributed by atoms with Gasteiger partial charge in [0, 0.05) is 13.1 Å². The Kier molecular flexibility index (Phi) is 5.65. The van der Waals surface area contributed by atoms with E-state index in [1.54, 1.807) is 19.1 Å². The highest BCUT2D eigenvalue weighted by Crippen LogP contribution is 2.12. The number of hydrogen-bond donors (Lipinski definition) is 3. The normalized spacial score (nSPS) is 11.8. The third-order valence-electron chi connectivity index (χ3n) is 3.39. The Morgan fingerprint density at radius 3 is 2.48 bits per heavy atom. The second-order valence-electron chi connectivity index (χ2n) is 5.21. The van der Waals surface area contributed by atoms with Crippen LogP contribution in [0.25, 0.3) is 0 Å². The first-order valence-corrected chi connectivity index (χ1v) is 7.16. The summed E-state index contributed by atoms with van der Waals surface area (Å²) in [6, 6.07) is 9.56. The van der Waals surface area contributed by atoms with Gasteiger partial charge in [0.25, 0.3) is 0 Å². The van der Waals surface area contributed by atoms with Crippen molar-refractivity contribution in [3.8, 4) is 0 Å². The molecule has 2 aromatic carbocycles. The Labute approximate surface area is 133 Å². The lowest BCUT2D eigenvalue weighted by molar-refractivity contribution is 0.173. The van der Waals surface area contributed by atoms with Crippen LogP contribution in [-0.4, -0.2) is 17.7 Å². The number of aryl methyl sites for hydroxylation is 1. The van der Waals surface area contributed by atoms with Crippen LogP contribution in [0.2, 0.25) is 0 Å². The minimum Gasteiger partial charge on any atom is -0.387 e. The predicted octanol–water partition coefficient (Wildman–Crippen LogP) is 2.81. The Balaban J connectivity index is 1.78. The highest BCUT2D eigenvalue weighted by molar-refractivity contribution is 5.73. The van der Waals surface area contributed by atoms with Crippen LogP contribution in [-0.2, 0) is 6.54 Å². The van der Waals surface area contributed by atoms with E-state index in [-0.39, 0.29) is 24.7 Å². The van der Waals surface area contributed by atoms with Gasteiger partial charge in [-0.2, -0.15) is 0 Å². The van der Waals surface area contributed by atoms with Crippen molar-refractivity contribution in [1.29, 1.82) is 0 Å². The van der Waals surface area contributed by atoms with Crippen LogP contribution in [0.5, 0.6) is 0 Å². The summed E-state index contributed by atoms with van der Waals surface area (Å²) >= 11 is 0. The molecule has 0 spiro atoms. The summed E-state index contributed by atoms with van der Waals surface area (Å²) in [6.45, 7) is 1.90. The van der Waals surface area contributed by atoms with E-state index in [1.807, 2.05) is 0 Å². The number of carbonyl (C=O) groups is 1. The van der Waals surface area contributed by atoms with Crippen molar-refractivity contribution in [2.24, 2.45) is 0 Å². The molecule has 1 unspecified atom stereocenters. The Morgan fingerprint density at radius 2 is 1.83 bits per heavy atom. The predicted molar refractivity (Wildman–Crippen MR) is 82.7 cm³/mol. The fourth-order valence-corrected chi connectivity index (χ4v) is 2.05. The van der Waals surface area contributed by atoms with Crippen molar-refractivity contribution in [3.05, 3.63) is 70.8 Å². The molecular weight excluding hydrogens is 302 g/mol. The van der Waals surface area contributed by atoms with Gasteiger partial charge in [-0.25, -0.2) is 13.6 Å². The smallest absolute Gasteiger partial charge is 0.315 e. The van der Waals surface area contributed by atoms with E-state index >= 15 is 0 Å². The van der Waals surface area contributed by atoms with E-state index in [9.17, 15) is 18.7 Å². The molecule has 6 heteroatoms. The monoisotopic (exact) mass is 320 g/mol. The Morgan fingerprint density at radius 1 is 1.13 bits per heavy atom. The fraction of sp³-hybridized carbons (Fsp3) is 0.235. The molecule has 0 heterocycles. The standard InChI is InChI=1S/C17H18F2N2O2/c1-11-8-12(2-7-15(11)19)9-20-17(23)21-10-16(22)13-3-5-14(18)6-4-13/h2-8,16,22H,9-10H2,1H3,(H2,20,21,23). The number of aliphatic hydroxyl groups is 1. The number of urea groups is 1. The number of carbonyl (C=O) groups excluding carboxylic acids is 1. The number of benzene rings is 2. The Bertz CT molecular complexity index is 675. The number of aliphatic hydroxyl groups excluding tert-OH is 1. The van der Waals surface area contributed by atoms with Gasteiger partial charge in [-0.1, -0.05) is 24.3 Å². The third-order valence-corrected chi connectivity index (χ3v) is 3.39. The summed E-state index contributed by atoms with van der Waals surface area (Å²) in [7, 11) is 0. The van der Waals surface area contributed by atoms with E-state index < -0.39 is 12.1 Å². The molecule has 2 rings (SSSR count). The van der Waals surface area contributed by atoms with Crippen molar-refractivity contribution in [2.45, 2.75) is 19.6 Å². The van der Waals surface area contributed by atoms with E-state index in [4.69, 9.17) is 0 Å². The van der Waals surface area contributed by atoms with Gasteiger partial charge in [0.2, 0.25) is 0 Å². The van der Waals surface area contributed by atoms with E-state index in [0.717, 1.165) is 5.56 Å². The molecule has 0 saturated carbocycles. The molecule has 0 saturated heterocycles. The summed E-state index contributed by atoms with van der Waals surface area (Å²) in [6.07, 6.45) is -0.922. The molecule has 4 nitrogen and oxygen atoms in total. The molecule has 2 amide bonds. The molecule has 0 bridgehead atoms. The molecule has 2 aromatic rings. The van der Waals surface area contributed by atoms with Crippen LogP contribution in [0.4, 0.5) is 13.6 Å². The molecular formula is C17H18F2N2O2. The van der Waals surface area contributed by atoms with Crippen LogP contribution in [0.1, 0.15) is 22.8 Å². The van der Waals surface area contributed by atoms with E-state index in [2.05, 4.69) is 10.6 Å². The van der Waals surface area contributed by atoms with Gasteiger partial charge in [-0.05, 0) is 41.8 Å². The topological polar surface area (TPSA) is 61.4 Å². The highest BCUT2D eigenvalue weighted by Gasteiger charge is 2.09. The molecule has 0 aliphatic rings. The average molecular weight is 320 g/mol. The van der Waals surface area contributed by atoms with Crippen LogP contribution in [0.15, 0.2) is 42.5 Å². The zero-order valence-corrected chi connectivity index (χ0v) is 12.6. The molecule has 3 N–H and O–H groups in total. The summed E-state index contributed by atoms with van der Waals surface area (Å²) in [4.78, 5) is 11.7. The SMILES string of the molecule is Cc1cc(CNC(=O)NCC(O)c2ccc(F)cc2)ccc1F. The van der Waals surface area contributed by atoms with Crippen LogP contribution < -0.4 is 10.6 Å². The van der Waals surface area contributed by atoms with Gasteiger partial charge in [0.1, 0.15) is 11.6 Å². The van der Waals surface area contributed by atoms with Gasteiger partial charge < -0.3 is 15.7 Å². The molecule has 23 heavy (non-hydrogen) atoms. The third kappa shape index (κ3) is 5.03. The molecule has 0 aliphatic carbocycles. The minimum absolute atomic E-state index is 0.0000880. The summed E-state index contributed by atoms with van der Waals surface area (Å²) in [5.41, 5.74) is 1.80. The largest absolute Gasteiger partial charge is 0.387 e. The number of amides is 2. The number of halogens is 2. The first-order chi connectivity index (χ1) is 11.0. The summed E-state index contributed by atoms with van der Waals surface area (Å²) in [5.74, 6) is -0.679. The molecule has 122 valence electrons. The van der Waals surface area contributed by atoms with Crippen molar-refractivity contribution in [3.63, 3.8) is 0 Å². The first kappa shape index (κ1) is 16.9. The van der Waals surface area contributed by atoms with Crippen LogP contribution in [0, 0.1) is 18.6 Å². The maximum Gasteiger partial charge on any atom is 0.315 e. The molecule has 0 aliphatic heterocycles. The second kappa shape index (κ2) is 7.69. The van der Waals surface area contributed by atoms with Crippen LogP contribution >= 0.6 is 0 Å².